The third-order valence-electron chi connectivity index (χ3n) is 4.03. The molecule has 0 aromatic carbocycles. The van der Waals surface area contributed by atoms with Crippen molar-refractivity contribution >= 4 is 35.0 Å². The van der Waals surface area contributed by atoms with Crippen LogP contribution in [-0.4, -0.2) is 33.1 Å². The Bertz CT molecular complexity index is 783. The molecule has 1 N–H and O–H groups in total. The largest absolute Gasteiger partial charge is 0.462 e. The van der Waals surface area contributed by atoms with Crippen molar-refractivity contribution < 1.29 is 9.53 Å². The van der Waals surface area contributed by atoms with E-state index in [2.05, 4.69) is 22.3 Å². The van der Waals surface area contributed by atoms with E-state index in [0.717, 1.165) is 40.7 Å². The van der Waals surface area contributed by atoms with Crippen LogP contribution < -0.4 is 5.32 Å². The normalized spacial score (nSPS) is 16.3. The van der Waals surface area contributed by atoms with Crippen LogP contribution in [0, 0.1) is 0 Å². The number of esters is 1. The number of nitrogens with one attached hydrogen (secondary N) is 1. The van der Waals surface area contributed by atoms with E-state index in [-0.39, 0.29) is 12.0 Å². The molecule has 1 atom stereocenters. The Hall–Kier alpha value is -1.80. The van der Waals surface area contributed by atoms with E-state index in [1.807, 2.05) is 36.0 Å². The number of unbranched alkanes of at least 4 members (excludes halogenated alkanes) is 1. The molecule has 0 saturated heterocycles. The molecule has 2 aromatic rings. The fourth-order valence-corrected chi connectivity index (χ4v) is 4.48. The summed E-state index contributed by atoms with van der Waals surface area (Å²) >= 11 is 3.25. The smallest absolute Gasteiger partial charge is 0.338 e. The molecule has 1 aliphatic rings. The number of hydrogen-bond acceptors (Lipinski definition) is 7. The predicted molar refractivity (Wildman–Crippen MR) is 106 cm³/mol. The fraction of sp³-hybridized carbons (Fsp3) is 0.500. The van der Waals surface area contributed by atoms with Crippen molar-refractivity contribution in [3.8, 4) is 0 Å². The molecule has 0 fully saturated rings. The average Bonchev–Trinajstić information content (AvgIpc) is 3.28. The van der Waals surface area contributed by atoms with Crippen LogP contribution in [0.3, 0.4) is 0 Å². The SMILES string of the molecule is CCCCSc1nc2n(n1)C(c1cccs1)C(C(=O)OCCC)=C(C)N2. The van der Waals surface area contributed by atoms with Crippen LogP contribution in [0.25, 0.3) is 0 Å². The minimum Gasteiger partial charge on any atom is -0.462 e. The summed E-state index contributed by atoms with van der Waals surface area (Å²) in [5.41, 5.74) is 1.37. The van der Waals surface area contributed by atoms with Crippen LogP contribution in [0.4, 0.5) is 5.95 Å². The number of hydrogen-bond donors (Lipinski definition) is 1. The minimum absolute atomic E-state index is 0.295. The van der Waals surface area contributed by atoms with Crippen molar-refractivity contribution in [1.82, 2.24) is 14.8 Å². The summed E-state index contributed by atoms with van der Waals surface area (Å²) in [4.78, 5) is 18.4. The number of ether oxygens (including phenoxy) is 1. The first-order chi connectivity index (χ1) is 12.7. The van der Waals surface area contributed by atoms with Gasteiger partial charge in [0.2, 0.25) is 11.1 Å². The van der Waals surface area contributed by atoms with Gasteiger partial charge in [-0.05, 0) is 31.2 Å². The van der Waals surface area contributed by atoms with Gasteiger partial charge in [-0.2, -0.15) is 4.98 Å². The molecule has 0 amide bonds. The molecule has 2 aromatic heterocycles. The number of carbonyl (C=O) groups excluding carboxylic acids is 1. The average molecular weight is 393 g/mol. The van der Waals surface area contributed by atoms with Gasteiger partial charge in [0.1, 0.15) is 6.04 Å². The van der Waals surface area contributed by atoms with Crippen LogP contribution in [0.5, 0.6) is 0 Å². The second-order valence-corrected chi connectivity index (χ2v) is 8.12. The maximum Gasteiger partial charge on any atom is 0.338 e. The molecule has 0 aliphatic carbocycles. The summed E-state index contributed by atoms with van der Waals surface area (Å²) in [5.74, 6) is 1.37. The Kier molecular flexibility index (Phi) is 6.37. The van der Waals surface area contributed by atoms with E-state index < -0.39 is 0 Å². The molecule has 26 heavy (non-hydrogen) atoms. The molecule has 1 aliphatic heterocycles. The molecule has 0 bridgehead atoms. The van der Waals surface area contributed by atoms with E-state index in [0.29, 0.717) is 18.1 Å². The van der Waals surface area contributed by atoms with Crippen molar-refractivity contribution in [2.24, 2.45) is 0 Å². The number of nitrogens with zero attached hydrogens (tertiary/aromatic N) is 3. The van der Waals surface area contributed by atoms with Crippen molar-refractivity contribution in [3.05, 3.63) is 33.7 Å². The maximum atomic E-state index is 12.7. The van der Waals surface area contributed by atoms with Gasteiger partial charge in [0.25, 0.3) is 0 Å². The van der Waals surface area contributed by atoms with Crippen molar-refractivity contribution in [2.45, 2.75) is 51.2 Å². The predicted octanol–water partition coefficient (Wildman–Crippen LogP) is 4.47. The van der Waals surface area contributed by atoms with Crippen molar-refractivity contribution in [2.75, 3.05) is 17.7 Å². The van der Waals surface area contributed by atoms with Crippen molar-refractivity contribution in [1.29, 1.82) is 0 Å². The summed E-state index contributed by atoms with van der Waals surface area (Å²) in [7, 11) is 0. The second kappa shape index (κ2) is 8.73. The van der Waals surface area contributed by atoms with Gasteiger partial charge < -0.3 is 10.1 Å². The topological polar surface area (TPSA) is 69.0 Å². The summed E-state index contributed by atoms with van der Waals surface area (Å²) in [5, 5.41) is 10.7. The van der Waals surface area contributed by atoms with Crippen LogP contribution in [0.15, 0.2) is 33.9 Å². The first-order valence-corrected chi connectivity index (χ1v) is 10.8. The minimum atomic E-state index is -0.302. The third-order valence-corrected chi connectivity index (χ3v) is 5.88. The molecule has 6 nitrogen and oxygen atoms in total. The number of aromatic nitrogens is 3. The first kappa shape index (κ1) is 19.0. The molecule has 3 rings (SSSR count). The molecule has 0 radical (unpaired) electrons. The van der Waals surface area contributed by atoms with Crippen molar-refractivity contribution in [3.63, 3.8) is 0 Å². The highest BCUT2D eigenvalue weighted by atomic mass is 32.2. The van der Waals surface area contributed by atoms with Gasteiger partial charge in [0.05, 0.1) is 12.2 Å². The van der Waals surface area contributed by atoms with E-state index >= 15 is 0 Å². The Morgan fingerprint density at radius 3 is 2.96 bits per heavy atom. The summed E-state index contributed by atoms with van der Waals surface area (Å²) < 4.78 is 7.25. The zero-order valence-electron chi connectivity index (χ0n) is 15.3. The molecule has 3 heterocycles. The number of anilines is 1. The molecule has 0 saturated carbocycles. The lowest BCUT2D eigenvalue weighted by Crippen LogP contribution is -2.29. The quantitative estimate of drug-likeness (QED) is 0.406. The Balaban J connectivity index is 1.95. The number of fused-ring (bicyclic) bond motifs is 1. The van der Waals surface area contributed by atoms with Crippen LogP contribution in [0.1, 0.15) is 51.0 Å². The molecule has 140 valence electrons. The number of rotatable bonds is 8. The zero-order valence-corrected chi connectivity index (χ0v) is 17.0. The standard InChI is InChI=1S/C18H24N4O2S2/c1-4-6-10-26-18-20-17-19-12(3)14(16(23)24-9-5-2)15(22(17)21-18)13-8-7-11-25-13/h7-8,11,15H,4-6,9-10H2,1-3H3,(H,19,20,21). The van der Waals surface area contributed by atoms with E-state index in [9.17, 15) is 4.79 Å². The van der Waals surface area contributed by atoms with Crippen LogP contribution >= 0.6 is 23.1 Å². The van der Waals surface area contributed by atoms with Gasteiger partial charge in [-0.15, -0.1) is 16.4 Å². The molecular formula is C18H24N4O2S2. The number of allylic oxidation sites excluding steroid dienone is 1. The zero-order chi connectivity index (χ0) is 18.5. The summed E-state index contributed by atoms with van der Waals surface area (Å²) in [6, 6.07) is 3.71. The molecule has 1 unspecified atom stereocenters. The summed E-state index contributed by atoms with van der Waals surface area (Å²) in [6.45, 7) is 6.46. The first-order valence-electron chi connectivity index (χ1n) is 8.93. The molecular weight excluding hydrogens is 368 g/mol. The Morgan fingerprint density at radius 2 is 2.27 bits per heavy atom. The van der Waals surface area contributed by atoms with E-state index in [1.54, 1.807) is 23.1 Å². The monoisotopic (exact) mass is 392 g/mol. The maximum absolute atomic E-state index is 12.7. The third kappa shape index (κ3) is 3.96. The summed E-state index contributed by atoms with van der Waals surface area (Å²) in [6.07, 6.45) is 3.06. The number of thioether (sulfide) groups is 1. The van der Waals surface area contributed by atoms with Gasteiger partial charge in [0, 0.05) is 16.3 Å². The van der Waals surface area contributed by atoms with Gasteiger partial charge in [-0.1, -0.05) is 38.1 Å². The Morgan fingerprint density at radius 1 is 1.42 bits per heavy atom. The van der Waals surface area contributed by atoms with Gasteiger partial charge in [-0.3, -0.25) is 0 Å². The molecule has 0 spiro atoms. The highest BCUT2D eigenvalue weighted by molar-refractivity contribution is 7.99. The number of thiophene rings is 1. The second-order valence-electron chi connectivity index (χ2n) is 6.08. The van der Waals surface area contributed by atoms with Gasteiger partial charge in [0.15, 0.2) is 0 Å². The highest BCUT2D eigenvalue weighted by Gasteiger charge is 2.35. The lowest BCUT2D eigenvalue weighted by Gasteiger charge is -2.27. The Labute approximate surface area is 162 Å². The lowest BCUT2D eigenvalue weighted by molar-refractivity contribution is -0.139. The van der Waals surface area contributed by atoms with Crippen LogP contribution in [-0.2, 0) is 9.53 Å². The van der Waals surface area contributed by atoms with Gasteiger partial charge >= 0.3 is 5.97 Å². The van der Waals surface area contributed by atoms with Crippen LogP contribution in [0.2, 0.25) is 0 Å². The van der Waals surface area contributed by atoms with E-state index in [4.69, 9.17) is 4.74 Å². The van der Waals surface area contributed by atoms with Gasteiger partial charge in [-0.25, -0.2) is 9.48 Å². The lowest BCUT2D eigenvalue weighted by atomic mass is 10.0. The highest BCUT2D eigenvalue weighted by Crippen LogP contribution is 2.38. The fourth-order valence-electron chi connectivity index (χ4n) is 2.75. The number of carbonyl (C=O) groups is 1. The van der Waals surface area contributed by atoms with E-state index in [1.165, 1.54) is 0 Å². The molecule has 8 heteroatoms.